The van der Waals surface area contributed by atoms with Crippen LogP contribution in [0.1, 0.15) is 19.8 Å². The van der Waals surface area contributed by atoms with Crippen molar-refractivity contribution in [2.24, 2.45) is 5.73 Å². The molecule has 6 heteroatoms. The Hall–Kier alpha value is -0.980. The number of anilines is 1. The molecule has 1 aliphatic heterocycles. The summed E-state index contributed by atoms with van der Waals surface area (Å²) in [5.74, 6) is -0.644. The van der Waals surface area contributed by atoms with Gasteiger partial charge in [-0.25, -0.2) is 4.39 Å². The molecule has 2 atom stereocenters. The van der Waals surface area contributed by atoms with Crippen LogP contribution in [-0.4, -0.2) is 36.0 Å². The van der Waals surface area contributed by atoms with Gasteiger partial charge in [-0.2, -0.15) is 0 Å². The molecule has 4 nitrogen and oxygen atoms in total. The molecule has 0 aliphatic carbocycles. The second-order valence-electron chi connectivity index (χ2n) is 5.28. The molecule has 1 aliphatic rings. The van der Waals surface area contributed by atoms with E-state index in [4.69, 9.17) is 5.73 Å². The number of rotatable bonds is 3. The zero-order valence-corrected chi connectivity index (χ0v) is 13.0. The fourth-order valence-electron chi connectivity index (χ4n) is 2.46. The molecule has 110 valence electrons. The maximum Gasteiger partial charge on any atom is 0.238 e. The van der Waals surface area contributed by atoms with Crippen LogP contribution >= 0.6 is 15.9 Å². The minimum Gasteiger partial charge on any atom is -0.328 e. The van der Waals surface area contributed by atoms with Crippen molar-refractivity contribution >= 4 is 27.5 Å². The van der Waals surface area contributed by atoms with Crippen molar-refractivity contribution < 1.29 is 9.18 Å². The van der Waals surface area contributed by atoms with Crippen LogP contribution in [0.5, 0.6) is 0 Å². The van der Waals surface area contributed by atoms with Crippen LogP contribution < -0.4 is 11.1 Å². The summed E-state index contributed by atoms with van der Waals surface area (Å²) in [6.45, 7) is 3.13. The highest BCUT2D eigenvalue weighted by Gasteiger charge is 2.24. The van der Waals surface area contributed by atoms with Crippen molar-refractivity contribution in [2.75, 3.05) is 18.4 Å². The maximum absolute atomic E-state index is 13.6. The van der Waals surface area contributed by atoms with E-state index in [1.54, 1.807) is 12.1 Å². The van der Waals surface area contributed by atoms with E-state index in [9.17, 15) is 9.18 Å². The summed E-state index contributed by atoms with van der Waals surface area (Å²) in [7, 11) is 0. The monoisotopic (exact) mass is 343 g/mol. The van der Waals surface area contributed by atoms with Gasteiger partial charge in [0, 0.05) is 23.1 Å². The number of hydrogen-bond donors (Lipinski definition) is 2. The summed E-state index contributed by atoms with van der Waals surface area (Å²) in [5, 5.41) is 2.61. The molecule has 0 saturated carbocycles. The highest BCUT2D eigenvalue weighted by molar-refractivity contribution is 9.10. The summed E-state index contributed by atoms with van der Waals surface area (Å²) in [6, 6.07) is 5.07. The van der Waals surface area contributed by atoms with Crippen LogP contribution in [0.3, 0.4) is 0 Å². The van der Waals surface area contributed by atoms with Crippen molar-refractivity contribution in [1.82, 2.24) is 4.90 Å². The van der Waals surface area contributed by atoms with Crippen molar-refractivity contribution in [3.05, 3.63) is 28.5 Å². The quantitative estimate of drug-likeness (QED) is 0.885. The molecule has 0 aromatic heterocycles. The summed E-state index contributed by atoms with van der Waals surface area (Å²) in [5.41, 5.74) is 6.10. The number of carbonyl (C=O) groups excluding carboxylic acids is 1. The molecular formula is C14H19BrFN3O. The van der Waals surface area contributed by atoms with Crippen molar-refractivity contribution in [2.45, 2.75) is 31.8 Å². The molecular weight excluding hydrogens is 325 g/mol. The number of likely N-dealkylation sites (tertiary alicyclic amines) is 1. The van der Waals surface area contributed by atoms with Crippen LogP contribution in [0.2, 0.25) is 0 Å². The third-order valence-corrected chi connectivity index (χ3v) is 4.10. The number of nitrogens with two attached hydrogens (primary N) is 1. The van der Waals surface area contributed by atoms with Crippen LogP contribution in [0.15, 0.2) is 22.7 Å². The zero-order valence-electron chi connectivity index (χ0n) is 11.4. The Morgan fingerprint density at radius 1 is 1.60 bits per heavy atom. The molecule has 1 amide bonds. The number of amides is 1. The van der Waals surface area contributed by atoms with Gasteiger partial charge in [-0.1, -0.05) is 15.9 Å². The van der Waals surface area contributed by atoms with Gasteiger partial charge in [0.05, 0.1) is 12.2 Å². The lowest BCUT2D eigenvalue weighted by Crippen LogP contribution is -2.48. The topological polar surface area (TPSA) is 58.4 Å². The molecule has 3 N–H and O–H groups in total. The number of benzene rings is 1. The molecule has 1 aromatic carbocycles. The summed E-state index contributed by atoms with van der Waals surface area (Å²) in [4.78, 5) is 14.1. The van der Waals surface area contributed by atoms with Crippen molar-refractivity contribution in [1.29, 1.82) is 0 Å². The average molecular weight is 344 g/mol. The van der Waals surface area contributed by atoms with Gasteiger partial charge in [0.25, 0.3) is 0 Å². The fraction of sp³-hybridized carbons (Fsp3) is 0.500. The molecule has 0 radical (unpaired) electrons. The third-order valence-electron chi connectivity index (χ3n) is 3.61. The fourth-order valence-corrected chi connectivity index (χ4v) is 2.79. The van der Waals surface area contributed by atoms with Gasteiger partial charge in [0.2, 0.25) is 5.91 Å². The minimum atomic E-state index is -0.443. The van der Waals surface area contributed by atoms with Gasteiger partial charge >= 0.3 is 0 Å². The van der Waals surface area contributed by atoms with E-state index in [1.807, 2.05) is 0 Å². The Morgan fingerprint density at radius 3 is 3.00 bits per heavy atom. The van der Waals surface area contributed by atoms with Gasteiger partial charge in [-0.3, -0.25) is 9.69 Å². The SMILES string of the molecule is CC1CC(N)CCN1CC(=O)Nc1ccc(Br)cc1F. The number of piperidine rings is 1. The van der Waals surface area contributed by atoms with Crippen molar-refractivity contribution in [3.63, 3.8) is 0 Å². The van der Waals surface area contributed by atoms with Gasteiger partial charge in [-0.15, -0.1) is 0 Å². The Balaban J connectivity index is 1.92. The zero-order chi connectivity index (χ0) is 14.7. The van der Waals surface area contributed by atoms with E-state index < -0.39 is 5.82 Å². The molecule has 2 unspecified atom stereocenters. The van der Waals surface area contributed by atoms with Gasteiger partial charge < -0.3 is 11.1 Å². The van der Waals surface area contributed by atoms with Crippen LogP contribution in [0.25, 0.3) is 0 Å². The number of carbonyl (C=O) groups is 1. The lowest BCUT2D eigenvalue weighted by Gasteiger charge is -2.35. The van der Waals surface area contributed by atoms with Crippen LogP contribution in [0.4, 0.5) is 10.1 Å². The largest absolute Gasteiger partial charge is 0.328 e. The lowest BCUT2D eigenvalue weighted by molar-refractivity contribution is -0.118. The molecule has 1 aromatic rings. The average Bonchev–Trinajstić information content (AvgIpc) is 2.36. The van der Waals surface area contributed by atoms with Gasteiger partial charge in [0.1, 0.15) is 5.82 Å². The van der Waals surface area contributed by atoms with Crippen molar-refractivity contribution in [3.8, 4) is 0 Å². The van der Waals surface area contributed by atoms with Crippen LogP contribution in [0, 0.1) is 5.82 Å². The van der Waals surface area contributed by atoms with E-state index in [2.05, 4.69) is 33.1 Å². The molecule has 20 heavy (non-hydrogen) atoms. The summed E-state index contributed by atoms with van der Waals surface area (Å²) >= 11 is 3.18. The van der Waals surface area contributed by atoms with Gasteiger partial charge in [0.15, 0.2) is 0 Å². The Labute approximate surface area is 126 Å². The van der Waals surface area contributed by atoms with E-state index in [1.165, 1.54) is 6.07 Å². The standard InChI is InChI=1S/C14H19BrFN3O/c1-9-6-11(17)4-5-19(9)8-14(20)18-13-3-2-10(15)7-12(13)16/h2-3,7,9,11H,4-6,8,17H2,1H3,(H,18,20). The molecule has 2 rings (SSSR count). The highest BCUT2D eigenvalue weighted by Crippen LogP contribution is 2.20. The number of halogens is 2. The smallest absolute Gasteiger partial charge is 0.238 e. The first kappa shape index (κ1) is 15.4. The summed E-state index contributed by atoms with van der Waals surface area (Å²) < 4.78 is 14.3. The molecule has 1 fully saturated rings. The normalized spacial score (nSPS) is 23.6. The lowest BCUT2D eigenvalue weighted by atomic mass is 9.99. The minimum absolute atomic E-state index is 0.200. The second-order valence-corrected chi connectivity index (χ2v) is 6.19. The molecule has 0 bridgehead atoms. The Kier molecular flexibility index (Phi) is 5.12. The predicted molar refractivity (Wildman–Crippen MR) is 81.0 cm³/mol. The molecule has 1 saturated heterocycles. The Bertz CT molecular complexity index is 497. The van der Waals surface area contributed by atoms with Gasteiger partial charge in [-0.05, 0) is 38.0 Å². The second kappa shape index (κ2) is 6.65. The highest BCUT2D eigenvalue weighted by atomic mass is 79.9. The number of hydrogen-bond acceptors (Lipinski definition) is 3. The first-order valence-electron chi connectivity index (χ1n) is 6.70. The molecule has 1 heterocycles. The third kappa shape index (κ3) is 4.01. The first-order chi connectivity index (χ1) is 9.45. The predicted octanol–water partition coefficient (Wildman–Crippen LogP) is 2.34. The van der Waals surface area contributed by atoms with E-state index in [0.29, 0.717) is 4.47 Å². The van der Waals surface area contributed by atoms with Crippen LogP contribution in [-0.2, 0) is 4.79 Å². The summed E-state index contributed by atoms with van der Waals surface area (Å²) in [6.07, 6.45) is 1.78. The number of nitrogens with one attached hydrogen (secondary N) is 1. The van der Waals surface area contributed by atoms with E-state index >= 15 is 0 Å². The Morgan fingerprint density at radius 2 is 2.35 bits per heavy atom. The van der Waals surface area contributed by atoms with E-state index in [-0.39, 0.29) is 30.2 Å². The first-order valence-corrected chi connectivity index (χ1v) is 7.49. The number of nitrogens with zero attached hydrogens (tertiary/aromatic N) is 1. The maximum atomic E-state index is 13.6. The van der Waals surface area contributed by atoms with E-state index in [0.717, 1.165) is 19.4 Å². The molecule has 0 spiro atoms.